The molecule has 43 heavy (non-hydrogen) atoms. The van der Waals surface area contributed by atoms with E-state index in [4.69, 9.17) is 21.0 Å². The van der Waals surface area contributed by atoms with E-state index in [2.05, 4.69) is 97.3 Å². The lowest BCUT2D eigenvalue weighted by Crippen LogP contribution is -2.44. The zero-order chi connectivity index (χ0) is 28.9. The molecule has 0 spiro atoms. The van der Waals surface area contributed by atoms with Gasteiger partial charge in [0.25, 0.3) is 0 Å². The molecule has 0 amide bonds. The highest BCUT2D eigenvalue weighted by Gasteiger charge is 2.47. The van der Waals surface area contributed by atoms with Gasteiger partial charge in [-0.3, -0.25) is 4.57 Å². The molecule has 2 aromatic heterocycles. The van der Waals surface area contributed by atoms with Crippen LogP contribution in [0.1, 0.15) is 50.7 Å². The lowest BCUT2D eigenvalue weighted by Gasteiger charge is -2.52. The molecule has 0 aliphatic heterocycles. The molecule has 0 saturated heterocycles. The maximum absolute atomic E-state index is 7.43. The molecular weight excluding hydrogens is 548 g/mol. The first kappa shape index (κ1) is 25.2. The van der Waals surface area contributed by atoms with Gasteiger partial charge < -0.3 is 4.42 Å². The molecule has 5 aromatic carbocycles. The quantitative estimate of drug-likeness (QED) is 0.209. The zero-order valence-electron chi connectivity index (χ0n) is 24.3. The van der Waals surface area contributed by atoms with Crippen LogP contribution in [0, 0.1) is 0 Å². The molecule has 3 aliphatic carbocycles. The monoisotopic (exact) mass is 578 g/mol. The first-order valence-corrected chi connectivity index (χ1v) is 15.6. The number of rotatable bonds is 3. The first-order valence-electron chi connectivity index (χ1n) is 15.3. The van der Waals surface area contributed by atoms with Crippen LogP contribution in [0.3, 0.4) is 0 Å². The van der Waals surface area contributed by atoms with Crippen molar-refractivity contribution in [3.8, 4) is 28.2 Å². The highest BCUT2D eigenvalue weighted by atomic mass is 35.5. The molecular formula is C39H31ClN2O. The van der Waals surface area contributed by atoms with E-state index in [0.717, 1.165) is 60.6 Å². The number of para-hydroxylation sites is 1. The predicted octanol–water partition coefficient (Wildman–Crippen LogP) is 11.0. The molecule has 0 atom stereocenters. The Morgan fingerprint density at radius 3 is 2.26 bits per heavy atom. The van der Waals surface area contributed by atoms with Crippen LogP contribution in [-0.4, -0.2) is 9.55 Å². The van der Waals surface area contributed by atoms with Gasteiger partial charge in [0.15, 0.2) is 5.58 Å². The number of furan rings is 1. The fourth-order valence-electron chi connectivity index (χ4n) is 7.89. The SMILES string of the molecule is CC12CCC(C)(CC1)c1cc(-c3cccc(-n4c(-c5ccccc5)nc5c6oc7ccccc7c6ccc54)c3Cl)ccc12. The topological polar surface area (TPSA) is 31.0 Å². The smallest absolute Gasteiger partial charge is 0.163 e. The van der Waals surface area contributed by atoms with Crippen LogP contribution >= 0.6 is 11.6 Å². The Hall–Kier alpha value is -4.34. The van der Waals surface area contributed by atoms with Crippen LogP contribution in [0.2, 0.25) is 5.02 Å². The molecule has 7 aromatic rings. The molecule has 10 rings (SSSR count). The van der Waals surface area contributed by atoms with E-state index in [1.54, 1.807) is 0 Å². The van der Waals surface area contributed by atoms with Crippen LogP contribution in [-0.2, 0) is 10.8 Å². The number of nitrogens with zero attached hydrogens (tertiary/aromatic N) is 2. The van der Waals surface area contributed by atoms with Crippen molar-refractivity contribution >= 4 is 44.6 Å². The van der Waals surface area contributed by atoms with Gasteiger partial charge in [-0.1, -0.05) is 104 Å². The van der Waals surface area contributed by atoms with Crippen molar-refractivity contribution in [3.05, 3.63) is 119 Å². The summed E-state index contributed by atoms with van der Waals surface area (Å²) in [7, 11) is 0. The van der Waals surface area contributed by atoms with Crippen molar-refractivity contribution in [2.45, 2.75) is 50.4 Å². The van der Waals surface area contributed by atoms with Gasteiger partial charge in [0, 0.05) is 21.9 Å². The van der Waals surface area contributed by atoms with Gasteiger partial charge in [0.05, 0.1) is 16.2 Å². The van der Waals surface area contributed by atoms with E-state index >= 15 is 0 Å². The number of fused-ring (bicyclic) bond motifs is 7. The third-order valence-corrected chi connectivity index (χ3v) is 10.9. The van der Waals surface area contributed by atoms with E-state index in [-0.39, 0.29) is 5.41 Å². The van der Waals surface area contributed by atoms with E-state index in [1.165, 1.54) is 42.4 Å². The lowest BCUT2D eigenvalue weighted by molar-refractivity contribution is 0.188. The summed E-state index contributed by atoms with van der Waals surface area (Å²) in [4.78, 5) is 5.24. The highest BCUT2D eigenvalue weighted by Crippen LogP contribution is 2.57. The van der Waals surface area contributed by atoms with E-state index < -0.39 is 0 Å². The highest BCUT2D eigenvalue weighted by molar-refractivity contribution is 6.35. The largest absolute Gasteiger partial charge is 0.454 e. The Morgan fingerprint density at radius 1 is 0.698 bits per heavy atom. The van der Waals surface area contributed by atoms with Gasteiger partial charge in [0.2, 0.25) is 0 Å². The van der Waals surface area contributed by atoms with Gasteiger partial charge in [-0.05, 0) is 77.5 Å². The Kier molecular flexibility index (Phi) is 5.18. The fraction of sp³-hybridized carbons (Fsp3) is 0.205. The molecule has 0 N–H and O–H groups in total. The second-order valence-electron chi connectivity index (χ2n) is 13.1. The lowest BCUT2D eigenvalue weighted by atomic mass is 9.52. The Balaban J connectivity index is 1.29. The maximum atomic E-state index is 7.43. The molecule has 4 heteroatoms. The summed E-state index contributed by atoms with van der Waals surface area (Å²) in [5, 5.41) is 2.89. The van der Waals surface area contributed by atoms with Crippen LogP contribution in [0.15, 0.2) is 108 Å². The fourth-order valence-corrected chi connectivity index (χ4v) is 8.21. The summed E-state index contributed by atoms with van der Waals surface area (Å²) in [5.41, 5.74) is 11.2. The summed E-state index contributed by atoms with van der Waals surface area (Å²) < 4.78 is 8.62. The Labute approximate surface area is 255 Å². The molecule has 210 valence electrons. The normalized spacial score (nSPS) is 21.2. The molecule has 3 nitrogen and oxygen atoms in total. The molecule has 0 radical (unpaired) electrons. The Morgan fingerprint density at radius 2 is 1.44 bits per heavy atom. The number of aromatic nitrogens is 2. The summed E-state index contributed by atoms with van der Waals surface area (Å²) in [6.07, 6.45) is 5.07. The molecule has 3 aliphatic rings. The number of hydrogen-bond acceptors (Lipinski definition) is 2. The first-order chi connectivity index (χ1) is 20.9. The standard InChI is InChI=1S/C39H31ClN2O/c1-38-19-21-39(2,22-20-38)30-23-25(15-17-29(30)38)26-12-8-13-31(34(26)40)42-32-18-16-28-27-11-6-7-14-33(27)43-36(28)35(32)41-37(42)24-9-4-3-5-10-24/h3-18,23H,19-22H2,1-2H3. The number of benzene rings is 5. The van der Waals surface area contributed by atoms with Crippen LogP contribution in [0.5, 0.6) is 0 Å². The van der Waals surface area contributed by atoms with Gasteiger partial charge in [-0.2, -0.15) is 0 Å². The van der Waals surface area contributed by atoms with Gasteiger partial charge in [-0.25, -0.2) is 4.98 Å². The zero-order valence-corrected chi connectivity index (χ0v) is 25.1. The minimum atomic E-state index is 0.242. The van der Waals surface area contributed by atoms with Crippen molar-refractivity contribution in [3.63, 3.8) is 0 Å². The van der Waals surface area contributed by atoms with Gasteiger partial charge in [0.1, 0.15) is 16.9 Å². The van der Waals surface area contributed by atoms with E-state index in [0.29, 0.717) is 5.41 Å². The summed E-state index contributed by atoms with van der Waals surface area (Å²) in [6, 6.07) is 36.3. The van der Waals surface area contributed by atoms with Crippen molar-refractivity contribution in [1.29, 1.82) is 0 Å². The predicted molar refractivity (Wildman–Crippen MR) is 177 cm³/mol. The molecule has 2 heterocycles. The number of hydrogen-bond donors (Lipinski definition) is 0. The second kappa shape index (κ2) is 8.84. The number of imidazole rings is 1. The van der Waals surface area contributed by atoms with Crippen LogP contribution < -0.4 is 0 Å². The molecule has 1 saturated carbocycles. The third kappa shape index (κ3) is 3.52. The minimum Gasteiger partial charge on any atom is -0.454 e. The van der Waals surface area contributed by atoms with Crippen molar-refractivity contribution in [2.75, 3.05) is 0 Å². The summed E-state index contributed by atoms with van der Waals surface area (Å²) in [5.74, 6) is 0.839. The van der Waals surface area contributed by atoms with Crippen molar-refractivity contribution in [1.82, 2.24) is 9.55 Å². The minimum absolute atomic E-state index is 0.242. The van der Waals surface area contributed by atoms with Gasteiger partial charge in [-0.15, -0.1) is 0 Å². The van der Waals surface area contributed by atoms with Crippen molar-refractivity contribution < 1.29 is 4.42 Å². The second-order valence-corrected chi connectivity index (χ2v) is 13.4. The maximum Gasteiger partial charge on any atom is 0.163 e. The van der Waals surface area contributed by atoms with Gasteiger partial charge >= 0.3 is 0 Å². The van der Waals surface area contributed by atoms with Crippen molar-refractivity contribution in [2.24, 2.45) is 0 Å². The van der Waals surface area contributed by atoms with Crippen LogP contribution in [0.4, 0.5) is 0 Å². The number of halogens is 1. The van der Waals surface area contributed by atoms with Crippen LogP contribution in [0.25, 0.3) is 61.2 Å². The van der Waals surface area contributed by atoms with E-state index in [9.17, 15) is 0 Å². The van der Waals surface area contributed by atoms with E-state index in [1.807, 2.05) is 24.3 Å². The molecule has 1 fully saturated rings. The Bertz CT molecular complexity index is 2230. The average Bonchev–Trinajstić information content (AvgIpc) is 3.62. The summed E-state index contributed by atoms with van der Waals surface area (Å²) >= 11 is 7.43. The average molecular weight is 579 g/mol. The molecule has 2 bridgehead atoms. The molecule has 0 unspecified atom stereocenters. The summed E-state index contributed by atoms with van der Waals surface area (Å²) in [6.45, 7) is 4.90. The third-order valence-electron chi connectivity index (χ3n) is 10.5.